The Bertz CT molecular complexity index is 281. The molecule has 4 atom stereocenters. The summed E-state index contributed by atoms with van der Waals surface area (Å²) in [5.41, 5.74) is 0. The second-order valence-electron chi connectivity index (χ2n) is 7.50. The molecule has 3 rings (SSSR count). The highest BCUT2D eigenvalue weighted by atomic mass is 15.2. The third kappa shape index (κ3) is 3.52. The lowest BCUT2D eigenvalue weighted by molar-refractivity contribution is 0.0887. The Morgan fingerprint density at radius 1 is 0.895 bits per heavy atom. The van der Waals surface area contributed by atoms with Crippen LogP contribution in [0, 0.1) is 11.8 Å². The van der Waals surface area contributed by atoms with Crippen LogP contribution in [-0.2, 0) is 0 Å². The summed E-state index contributed by atoms with van der Waals surface area (Å²) >= 11 is 0. The standard InChI is InChI=1S/C17H32N2/c1-13-6-7-17(11-14(13)2)19(16-8-9-16)12-15-5-3-4-10-18-15/h13-18H,3-12H2,1-2H3. The fraction of sp³-hybridized carbons (Fsp3) is 1.00. The highest BCUT2D eigenvalue weighted by Gasteiger charge is 2.37. The zero-order valence-corrected chi connectivity index (χ0v) is 12.9. The average Bonchev–Trinajstić information content (AvgIpc) is 3.25. The Morgan fingerprint density at radius 2 is 1.68 bits per heavy atom. The predicted molar refractivity (Wildman–Crippen MR) is 81.3 cm³/mol. The van der Waals surface area contributed by atoms with Crippen molar-refractivity contribution < 1.29 is 0 Å². The van der Waals surface area contributed by atoms with Crippen molar-refractivity contribution in [3.8, 4) is 0 Å². The molecule has 0 radical (unpaired) electrons. The molecular formula is C17H32N2. The lowest BCUT2D eigenvalue weighted by Crippen LogP contribution is -2.49. The van der Waals surface area contributed by atoms with Gasteiger partial charge in [0.1, 0.15) is 0 Å². The van der Waals surface area contributed by atoms with Crippen LogP contribution in [0.1, 0.15) is 65.2 Å². The van der Waals surface area contributed by atoms with E-state index in [4.69, 9.17) is 0 Å². The molecule has 1 N–H and O–H groups in total. The molecule has 0 aromatic rings. The van der Waals surface area contributed by atoms with Crippen molar-refractivity contribution in [2.24, 2.45) is 11.8 Å². The Kier molecular flexibility index (Phi) is 4.48. The molecule has 0 aromatic heterocycles. The number of nitrogens with zero attached hydrogens (tertiary/aromatic N) is 1. The smallest absolute Gasteiger partial charge is 0.0195 e. The van der Waals surface area contributed by atoms with Crippen LogP contribution in [0.25, 0.3) is 0 Å². The van der Waals surface area contributed by atoms with E-state index in [2.05, 4.69) is 24.1 Å². The van der Waals surface area contributed by atoms with E-state index in [1.165, 1.54) is 64.5 Å². The van der Waals surface area contributed by atoms with Crippen LogP contribution in [0.15, 0.2) is 0 Å². The fourth-order valence-electron chi connectivity index (χ4n) is 4.16. The molecule has 1 aliphatic heterocycles. The first-order chi connectivity index (χ1) is 9.24. The summed E-state index contributed by atoms with van der Waals surface area (Å²) in [6.45, 7) is 7.50. The van der Waals surface area contributed by atoms with E-state index in [1.54, 1.807) is 0 Å². The van der Waals surface area contributed by atoms with E-state index in [9.17, 15) is 0 Å². The topological polar surface area (TPSA) is 15.3 Å². The molecule has 2 aliphatic carbocycles. The van der Waals surface area contributed by atoms with Crippen LogP contribution in [0.4, 0.5) is 0 Å². The summed E-state index contributed by atoms with van der Waals surface area (Å²) in [7, 11) is 0. The monoisotopic (exact) mass is 264 g/mol. The van der Waals surface area contributed by atoms with Crippen LogP contribution in [0.3, 0.4) is 0 Å². The Morgan fingerprint density at radius 3 is 2.32 bits per heavy atom. The molecule has 0 spiro atoms. The normalized spacial score (nSPS) is 40.6. The first kappa shape index (κ1) is 13.9. The van der Waals surface area contributed by atoms with Crippen molar-refractivity contribution in [3.63, 3.8) is 0 Å². The first-order valence-corrected chi connectivity index (χ1v) is 8.73. The molecule has 2 heteroatoms. The molecule has 2 nitrogen and oxygen atoms in total. The molecule has 1 heterocycles. The maximum atomic E-state index is 3.75. The minimum absolute atomic E-state index is 0.781. The molecule has 2 saturated carbocycles. The zero-order valence-electron chi connectivity index (χ0n) is 12.9. The van der Waals surface area contributed by atoms with Crippen LogP contribution < -0.4 is 5.32 Å². The van der Waals surface area contributed by atoms with E-state index in [0.717, 1.165) is 30.0 Å². The van der Waals surface area contributed by atoms with E-state index < -0.39 is 0 Å². The maximum Gasteiger partial charge on any atom is 0.0195 e. The molecule has 0 aromatic carbocycles. The average molecular weight is 264 g/mol. The van der Waals surface area contributed by atoms with Crippen LogP contribution in [0.2, 0.25) is 0 Å². The molecule has 3 aliphatic rings. The van der Waals surface area contributed by atoms with Crippen molar-refractivity contribution in [2.75, 3.05) is 13.1 Å². The molecule has 0 bridgehead atoms. The number of piperidine rings is 1. The van der Waals surface area contributed by atoms with Crippen LogP contribution in [-0.4, -0.2) is 36.1 Å². The Labute approximate surface area is 119 Å². The highest BCUT2D eigenvalue weighted by molar-refractivity contribution is 4.93. The van der Waals surface area contributed by atoms with Gasteiger partial charge in [-0.15, -0.1) is 0 Å². The maximum absolute atomic E-state index is 3.75. The second-order valence-corrected chi connectivity index (χ2v) is 7.50. The molecular weight excluding hydrogens is 232 g/mol. The summed E-state index contributed by atoms with van der Waals surface area (Å²) in [5.74, 6) is 1.88. The molecule has 0 amide bonds. The molecule has 4 unspecified atom stereocenters. The summed E-state index contributed by atoms with van der Waals surface area (Å²) < 4.78 is 0. The SMILES string of the molecule is CC1CCC(N(CC2CCCCN2)C2CC2)CC1C. The van der Waals surface area contributed by atoms with Crippen molar-refractivity contribution in [3.05, 3.63) is 0 Å². The van der Waals surface area contributed by atoms with Gasteiger partial charge in [-0.3, -0.25) is 4.90 Å². The van der Waals surface area contributed by atoms with Crippen LogP contribution >= 0.6 is 0 Å². The lowest BCUT2D eigenvalue weighted by Gasteiger charge is -2.41. The first-order valence-electron chi connectivity index (χ1n) is 8.73. The van der Waals surface area contributed by atoms with Gasteiger partial charge in [0.05, 0.1) is 0 Å². The Balaban J connectivity index is 1.57. The Hall–Kier alpha value is -0.0800. The van der Waals surface area contributed by atoms with E-state index in [0.29, 0.717) is 0 Å². The van der Waals surface area contributed by atoms with Gasteiger partial charge in [-0.2, -0.15) is 0 Å². The number of rotatable bonds is 4. The minimum Gasteiger partial charge on any atom is -0.313 e. The van der Waals surface area contributed by atoms with E-state index in [-0.39, 0.29) is 0 Å². The van der Waals surface area contributed by atoms with E-state index >= 15 is 0 Å². The third-order valence-electron chi connectivity index (χ3n) is 5.90. The van der Waals surface area contributed by atoms with Gasteiger partial charge in [0.15, 0.2) is 0 Å². The summed E-state index contributed by atoms with van der Waals surface area (Å²) in [5, 5.41) is 3.75. The molecule has 19 heavy (non-hydrogen) atoms. The summed E-state index contributed by atoms with van der Waals surface area (Å²) in [6.07, 6.45) is 11.5. The van der Waals surface area contributed by atoms with Gasteiger partial charge in [-0.05, 0) is 63.3 Å². The van der Waals surface area contributed by atoms with Crippen molar-refractivity contribution in [1.82, 2.24) is 10.2 Å². The molecule has 3 fully saturated rings. The van der Waals surface area contributed by atoms with Crippen molar-refractivity contribution in [2.45, 2.75) is 83.3 Å². The predicted octanol–water partition coefficient (Wildman–Crippen LogP) is 3.42. The zero-order chi connectivity index (χ0) is 13.2. The largest absolute Gasteiger partial charge is 0.313 e. The second kappa shape index (κ2) is 6.13. The van der Waals surface area contributed by atoms with Gasteiger partial charge >= 0.3 is 0 Å². The number of hydrogen-bond donors (Lipinski definition) is 1. The van der Waals surface area contributed by atoms with Crippen molar-refractivity contribution >= 4 is 0 Å². The summed E-state index contributed by atoms with van der Waals surface area (Å²) in [4.78, 5) is 2.91. The van der Waals surface area contributed by atoms with Crippen molar-refractivity contribution in [1.29, 1.82) is 0 Å². The summed E-state index contributed by atoms with van der Waals surface area (Å²) in [6, 6.07) is 2.61. The minimum atomic E-state index is 0.781. The van der Waals surface area contributed by atoms with Gasteiger partial charge in [0, 0.05) is 24.7 Å². The van der Waals surface area contributed by atoms with Crippen LogP contribution in [0.5, 0.6) is 0 Å². The highest BCUT2D eigenvalue weighted by Crippen LogP contribution is 2.37. The third-order valence-corrected chi connectivity index (χ3v) is 5.90. The molecule has 110 valence electrons. The number of nitrogens with one attached hydrogen (secondary N) is 1. The lowest BCUT2D eigenvalue weighted by atomic mass is 9.78. The quantitative estimate of drug-likeness (QED) is 0.837. The van der Waals surface area contributed by atoms with Gasteiger partial charge in [-0.25, -0.2) is 0 Å². The van der Waals surface area contributed by atoms with Gasteiger partial charge in [-0.1, -0.05) is 20.3 Å². The molecule has 1 saturated heterocycles. The van der Waals surface area contributed by atoms with Gasteiger partial charge in [0.2, 0.25) is 0 Å². The van der Waals surface area contributed by atoms with Gasteiger partial charge < -0.3 is 5.32 Å². The van der Waals surface area contributed by atoms with E-state index in [1.807, 2.05) is 0 Å². The number of hydrogen-bond acceptors (Lipinski definition) is 2. The fourth-order valence-corrected chi connectivity index (χ4v) is 4.16. The van der Waals surface area contributed by atoms with Gasteiger partial charge in [0.25, 0.3) is 0 Å².